The summed E-state index contributed by atoms with van der Waals surface area (Å²) in [5.74, 6) is -0.942. The van der Waals surface area contributed by atoms with Crippen molar-refractivity contribution in [1.82, 2.24) is 0 Å². The molecule has 4 nitrogen and oxygen atoms in total. The molecule has 25 heavy (non-hydrogen) atoms. The number of benzene rings is 2. The summed E-state index contributed by atoms with van der Waals surface area (Å²) in [6.45, 7) is 0. The van der Waals surface area contributed by atoms with E-state index in [1.807, 2.05) is 0 Å². The molecule has 1 aliphatic rings. The van der Waals surface area contributed by atoms with Crippen molar-refractivity contribution in [1.29, 1.82) is 0 Å². The SMILES string of the molecule is COc1ccc(C2Cc3c(cccc3C(F)(F)F)NC(=O)[C@@H]2O)cc1. The zero-order chi connectivity index (χ0) is 18.2. The molecule has 1 amide bonds. The third kappa shape index (κ3) is 3.32. The molecule has 0 radical (unpaired) electrons. The molecule has 1 unspecified atom stereocenters. The van der Waals surface area contributed by atoms with Crippen LogP contribution in [-0.2, 0) is 17.4 Å². The molecule has 0 aromatic heterocycles. The summed E-state index contributed by atoms with van der Waals surface area (Å²) in [6.07, 6.45) is -6.12. The summed E-state index contributed by atoms with van der Waals surface area (Å²) in [4.78, 5) is 12.2. The van der Waals surface area contributed by atoms with E-state index in [0.717, 1.165) is 6.07 Å². The van der Waals surface area contributed by atoms with Gasteiger partial charge in [0.15, 0.2) is 0 Å². The molecule has 0 saturated carbocycles. The monoisotopic (exact) mass is 351 g/mol. The van der Waals surface area contributed by atoms with Crippen LogP contribution in [-0.4, -0.2) is 24.2 Å². The van der Waals surface area contributed by atoms with Crippen LogP contribution in [0.5, 0.6) is 5.75 Å². The number of hydrogen-bond acceptors (Lipinski definition) is 3. The van der Waals surface area contributed by atoms with Crippen LogP contribution in [0.3, 0.4) is 0 Å². The zero-order valence-electron chi connectivity index (χ0n) is 13.3. The van der Waals surface area contributed by atoms with Crippen LogP contribution in [0.25, 0.3) is 0 Å². The van der Waals surface area contributed by atoms with Crippen LogP contribution in [0.4, 0.5) is 18.9 Å². The highest BCUT2D eigenvalue weighted by molar-refractivity contribution is 5.96. The second-order valence-corrected chi connectivity index (χ2v) is 5.85. The first-order chi connectivity index (χ1) is 11.8. The van der Waals surface area contributed by atoms with E-state index in [9.17, 15) is 23.1 Å². The molecule has 0 aliphatic carbocycles. The summed E-state index contributed by atoms with van der Waals surface area (Å²) in [5, 5.41) is 12.7. The molecule has 2 N–H and O–H groups in total. The van der Waals surface area contributed by atoms with Crippen LogP contribution in [0.1, 0.15) is 22.6 Å². The highest BCUT2D eigenvalue weighted by atomic mass is 19.4. The van der Waals surface area contributed by atoms with E-state index in [-0.39, 0.29) is 17.7 Å². The van der Waals surface area contributed by atoms with Crippen molar-refractivity contribution in [3.8, 4) is 5.75 Å². The lowest BCUT2D eigenvalue weighted by Crippen LogP contribution is -2.31. The van der Waals surface area contributed by atoms with E-state index >= 15 is 0 Å². The number of methoxy groups -OCH3 is 1. The topological polar surface area (TPSA) is 58.6 Å². The number of amides is 1. The van der Waals surface area contributed by atoms with E-state index in [1.165, 1.54) is 19.2 Å². The summed E-state index contributed by atoms with van der Waals surface area (Å²) >= 11 is 0. The summed E-state index contributed by atoms with van der Waals surface area (Å²) in [6, 6.07) is 10.2. The zero-order valence-corrected chi connectivity index (χ0v) is 13.3. The minimum Gasteiger partial charge on any atom is -0.497 e. The maximum absolute atomic E-state index is 13.3. The molecule has 3 rings (SSSR count). The van der Waals surface area contributed by atoms with Crippen molar-refractivity contribution in [2.24, 2.45) is 0 Å². The number of aliphatic hydroxyl groups is 1. The van der Waals surface area contributed by atoms with Crippen molar-refractivity contribution >= 4 is 11.6 Å². The molecule has 2 aromatic carbocycles. The van der Waals surface area contributed by atoms with E-state index < -0.39 is 29.7 Å². The lowest BCUT2D eigenvalue weighted by Gasteiger charge is -2.21. The molecular formula is C18H16F3NO3. The Hall–Kier alpha value is -2.54. The first kappa shape index (κ1) is 17.3. The number of alkyl halides is 3. The second-order valence-electron chi connectivity index (χ2n) is 5.85. The average molecular weight is 351 g/mol. The minimum atomic E-state index is -4.55. The number of carbonyl (C=O) groups excluding carboxylic acids is 1. The molecule has 7 heteroatoms. The van der Waals surface area contributed by atoms with Crippen LogP contribution in [0.15, 0.2) is 42.5 Å². The number of carbonyl (C=O) groups is 1. The van der Waals surface area contributed by atoms with Crippen molar-refractivity contribution in [3.63, 3.8) is 0 Å². The summed E-state index contributed by atoms with van der Waals surface area (Å²) in [7, 11) is 1.49. The lowest BCUT2D eigenvalue weighted by atomic mass is 9.86. The molecule has 1 aliphatic heterocycles. The Labute approximate surface area is 142 Å². The number of ether oxygens (including phenoxy) is 1. The van der Waals surface area contributed by atoms with Gasteiger partial charge >= 0.3 is 6.18 Å². The maximum atomic E-state index is 13.3. The van der Waals surface area contributed by atoms with Gasteiger partial charge in [-0.3, -0.25) is 4.79 Å². The minimum absolute atomic E-state index is 0.0271. The Morgan fingerprint density at radius 1 is 1.16 bits per heavy atom. The van der Waals surface area contributed by atoms with Gasteiger partial charge in [0.2, 0.25) is 0 Å². The largest absolute Gasteiger partial charge is 0.497 e. The molecule has 2 aromatic rings. The molecule has 1 heterocycles. The fourth-order valence-corrected chi connectivity index (χ4v) is 3.06. The van der Waals surface area contributed by atoms with Crippen LogP contribution < -0.4 is 10.1 Å². The second kappa shape index (κ2) is 6.40. The van der Waals surface area contributed by atoms with Crippen molar-refractivity contribution in [3.05, 3.63) is 59.2 Å². The van der Waals surface area contributed by atoms with E-state index in [4.69, 9.17) is 4.74 Å². The van der Waals surface area contributed by atoms with Gasteiger partial charge in [0.25, 0.3) is 5.91 Å². The molecular weight excluding hydrogens is 335 g/mol. The maximum Gasteiger partial charge on any atom is 0.416 e. The standard InChI is InChI=1S/C18H16F3NO3/c1-25-11-7-5-10(6-8-11)12-9-13-14(18(19,20)21)3-2-4-15(13)22-17(24)16(12)23/h2-8,12,16,23H,9H2,1H3,(H,22,24)/t12?,16-/m1/s1. The van der Waals surface area contributed by atoms with Crippen LogP contribution in [0.2, 0.25) is 0 Å². The van der Waals surface area contributed by atoms with Gasteiger partial charge in [-0.1, -0.05) is 18.2 Å². The normalized spacial score (nSPS) is 20.4. The van der Waals surface area contributed by atoms with Gasteiger partial charge in [0.1, 0.15) is 11.9 Å². The Balaban J connectivity index is 2.08. The Bertz CT molecular complexity index is 787. The fraction of sp³-hybridized carbons (Fsp3) is 0.278. The molecule has 132 valence electrons. The number of fused-ring (bicyclic) bond motifs is 1. The highest BCUT2D eigenvalue weighted by Gasteiger charge is 2.39. The van der Waals surface area contributed by atoms with E-state index in [0.29, 0.717) is 11.3 Å². The summed E-state index contributed by atoms with van der Waals surface area (Å²) < 4.78 is 45.1. The van der Waals surface area contributed by atoms with Crippen molar-refractivity contribution < 1.29 is 27.8 Å². The average Bonchev–Trinajstić information content (AvgIpc) is 2.71. The molecule has 0 spiro atoms. The molecule has 0 saturated heterocycles. The Morgan fingerprint density at radius 2 is 1.84 bits per heavy atom. The first-order valence-electron chi connectivity index (χ1n) is 7.63. The number of halogens is 3. The van der Waals surface area contributed by atoms with Crippen molar-refractivity contribution in [2.45, 2.75) is 24.6 Å². The van der Waals surface area contributed by atoms with Gasteiger partial charge in [-0.25, -0.2) is 0 Å². The van der Waals surface area contributed by atoms with Crippen molar-refractivity contribution in [2.75, 3.05) is 12.4 Å². The number of hydrogen-bond donors (Lipinski definition) is 2. The number of nitrogens with one attached hydrogen (secondary N) is 1. The number of anilines is 1. The van der Waals surface area contributed by atoms with Gasteiger partial charge in [-0.15, -0.1) is 0 Å². The third-order valence-corrected chi connectivity index (χ3v) is 4.36. The van der Waals surface area contributed by atoms with Crippen LogP contribution >= 0.6 is 0 Å². The smallest absolute Gasteiger partial charge is 0.416 e. The molecule has 0 bridgehead atoms. The predicted molar refractivity (Wildman–Crippen MR) is 85.5 cm³/mol. The van der Waals surface area contributed by atoms with Gasteiger partial charge in [0.05, 0.1) is 12.7 Å². The van der Waals surface area contributed by atoms with Gasteiger partial charge in [-0.05, 0) is 41.8 Å². The fourth-order valence-electron chi connectivity index (χ4n) is 3.06. The molecule has 2 atom stereocenters. The predicted octanol–water partition coefficient (Wildman–Crippen LogP) is 3.35. The lowest BCUT2D eigenvalue weighted by molar-refractivity contribution is -0.138. The third-order valence-electron chi connectivity index (χ3n) is 4.36. The quantitative estimate of drug-likeness (QED) is 0.872. The highest BCUT2D eigenvalue weighted by Crippen LogP contribution is 2.40. The number of rotatable bonds is 2. The van der Waals surface area contributed by atoms with E-state index in [1.54, 1.807) is 24.3 Å². The number of aliphatic hydroxyl groups excluding tert-OH is 1. The summed E-state index contributed by atoms with van der Waals surface area (Å²) in [5.41, 5.74) is -0.193. The van der Waals surface area contributed by atoms with Crippen LogP contribution in [0, 0.1) is 0 Å². The van der Waals surface area contributed by atoms with Gasteiger partial charge in [-0.2, -0.15) is 13.2 Å². The first-order valence-corrected chi connectivity index (χ1v) is 7.63. The van der Waals surface area contributed by atoms with Gasteiger partial charge < -0.3 is 15.2 Å². The van der Waals surface area contributed by atoms with E-state index in [2.05, 4.69) is 5.32 Å². The Kier molecular flexibility index (Phi) is 4.43. The Morgan fingerprint density at radius 3 is 2.44 bits per heavy atom. The van der Waals surface area contributed by atoms with Gasteiger partial charge in [0, 0.05) is 11.6 Å². The molecule has 0 fully saturated rings.